The first-order valence-corrected chi connectivity index (χ1v) is 8.04. The number of aromatic nitrogens is 2. The fourth-order valence-electron chi connectivity index (χ4n) is 3.09. The first-order valence-electron chi connectivity index (χ1n) is 8.04. The first kappa shape index (κ1) is 15.1. The van der Waals surface area contributed by atoms with Crippen molar-refractivity contribution >= 4 is 11.8 Å². The van der Waals surface area contributed by atoms with E-state index in [0.29, 0.717) is 6.04 Å². The molecule has 1 aromatic rings. The van der Waals surface area contributed by atoms with Crippen LogP contribution >= 0.6 is 0 Å². The molecule has 1 fully saturated rings. The van der Waals surface area contributed by atoms with E-state index in [1.807, 2.05) is 12.3 Å². The van der Waals surface area contributed by atoms with Crippen LogP contribution in [0.2, 0.25) is 0 Å². The van der Waals surface area contributed by atoms with Gasteiger partial charge >= 0.3 is 0 Å². The Morgan fingerprint density at radius 2 is 2.10 bits per heavy atom. The molecule has 112 valence electrons. The van der Waals surface area contributed by atoms with Crippen LogP contribution < -0.4 is 10.6 Å². The lowest BCUT2D eigenvalue weighted by Gasteiger charge is -2.35. The summed E-state index contributed by atoms with van der Waals surface area (Å²) < 4.78 is 0. The SMILES string of the molecule is CCCNc1nccc(NC2CCCCC2C(C)C)n1. The van der Waals surface area contributed by atoms with E-state index in [-0.39, 0.29) is 0 Å². The summed E-state index contributed by atoms with van der Waals surface area (Å²) >= 11 is 0. The highest BCUT2D eigenvalue weighted by Gasteiger charge is 2.27. The molecule has 2 N–H and O–H groups in total. The molecular formula is C16H28N4. The summed E-state index contributed by atoms with van der Waals surface area (Å²) in [6.45, 7) is 7.73. The Morgan fingerprint density at radius 3 is 2.85 bits per heavy atom. The molecule has 0 saturated heterocycles. The topological polar surface area (TPSA) is 49.8 Å². The molecule has 0 bridgehead atoms. The van der Waals surface area contributed by atoms with Gasteiger partial charge in [0.15, 0.2) is 0 Å². The molecule has 4 nitrogen and oxygen atoms in total. The smallest absolute Gasteiger partial charge is 0.224 e. The van der Waals surface area contributed by atoms with Crippen molar-refractivity contribution in [3.63, 3.8) is 0 Å². The Morgan fingerprint density at radius 1 is 1.30 bits per heavy atom. The van der Waals surface area contributed by atoms with Gasteiger partial charge in [0.05, 0.1) is 0 Å². The van der Waals surface area contributed by atoms with E-state index in [0.717, 1.165) is 36.6 Å². The van der Waals surface area contributed by atoms with E-state index >= 15 is 0 Å². The highest BCUT2D eigenvalue weighted by atomic mass is 15.1. The third kappa shape index (κ3) is 4.09. The normalized spacial score (nSPS) is 22.8. The molecule has 2 rings (SSSR count). The van der Waals surface area contributed by atoms with Gasteiger partial charge in [-0.1, -0.05) is 33.6 Å². The maximum Gasteiger partial charge on any atom is 0.224 e. The summed E-state index contributed by atoms with van der Waals surface area (Å²) in [5, 5.41) is 6.88. The molecule has 0 aliphatic heterocycles. The van der Waals surface area contributed by atoms with Gasteiger partial charge < -0.3 is 10.6 Å². The van der Waals surface area contributed by atoms with E-state index in [2.05, 4.69) is 41.4 Å². The van der Waals surface area contributed by atoms with E-state index in [1.54, 1.807) is 0 Å². The molecular weight excluding hydrogens is 248 g/mol. The predicted molar refractivity (Wildman–Crippen MR) is 85.0 cm³/mol. The molecule has 1 heterocycles. The molecule has 0 aromatic carbocycles. The van der Waals surface area contributed by atoms with Crippen molar-refractivity contribution in [3.8, 4) is 0 Å². The first-order chi connectivity index (χ1) is 9.70. The third-order valence-electron chi connectivity index (χ3n) is 4.20. The zero-order valence-electron chi connectivity index (χ0n) is 13.0. The molecule has 4 heteroatoms. The molecule has 0 spiro atoms. The minimum atomic E-state index is 0.553. The number of rotatable bonds is 6. The lowest BCUT2D eigenvalue weighted by Crippen LogP contribution is -2.35. The van der Waals surface area contributed by atoms with E-state index in [9.17, 15) is 0 Å². The van der Waals surface area contributed by atoms with Gasteiger partial charge in [0.25, 0.3) is 0 Å². The molecule has 1 aliphatic rings. The standard InChI is InChI=1S/C16H28N4/c1-4-10-17-16-18-11-9-15(20-16)19-14-8-6-5-7-13(14)12(2)3/h9,11-14H,4-8,10H2,1-3H3,(H2,17,18,19,20). The van der Waals surface area contributed by atoms with Crippen molar-refractivity contribution in [2.75, 3.05) is 17.2 Å². The summed E-state index contributed by atoms with van der Waals surface area (Å²) in [5.41, 5.74) is 0. The number of nitrogens with one attached hydrogen (secondary N) is 2. The van der Waals surface area contributed by atoms with Crippen molar-refractivity contribution in [3.05, 3.63) is 12.3 Å². The van der Waals surface area contributed by atoms with Gasteiger partial charge in [-0.05, 0) is 37.2 Å². The van der Waals surface area contributed by atoms with Gasteiger partial charge in [0, 0.05) is 18.8 Å². The molecule has 1 aliphatic carbocycles. The average molecular weight is 276 g/mol. The maximum absolute atomic E-state index is 4.56. The van der Waals surface area contributed by atoms with Crippen LogP contribution in [0.5, 0.6) is 0 Å². The van der Waals surface area contributed by atoms with Crippen LogP contribution in [-0.4, -0.2) is 22.6 Å². The number of hydrogen-bond acceptors (Lipinski definition) is 4. The summed E-state index contributed by atoms with van der Waals surface area (Å²) in [7, 11) is 0. The zero-order valence-corrected chi connectivity index (χ0v) is 13.0. The highest BCUT2D eigenvalue weighted by Crippen LogP contribution is 2.32. The quantitative estimate of drug-likeness (QED) is 0.826. The Hall–Kier alpha value is -1.32. The Labute approximate surface area is 122 Å². The second kappa shape index (κ2) is 7.46. The fourth-order valence-corrected chi connectivity index (χ4v) is 3.09. The minimum Gasteiger partial charge on any atom is -0.367 e. The molecule has 0 radical (unpaired) electrons. The van der Waals surface area contributed by atoms with Crippen LogP contribution in [0.4, 0.5) is 11.8 Å². The minimum absolute atomic E-state index is 0.553. The number of anilines is 2. The van der Waals surface area contributed by atoms with Gasteiger partial charge in [0.1, 0.15) is 5.82 Å². The van der Waals surface area contributed by atoms with Crippen LogP contribution in [0.1, 0.15) is 52.9 Å². The van der Waals surface area contributed by atoms with Crippen molar-refractivity contribution in [1.82, 2.24) is 9.97 Å². The van der Waals surface area contributed by atoms with Crippen molar-refractivity contribution in [2.45, 2.75) is 58.9 Å². The van der Waals surface area contributed by atoms with E-state index in [4.69, 9.17) is 0 Å². The Bertz CT molecular complexity index is 405. The molecule has 1 saturated carbocycles. The van der Waals surface area contributed by atoms with Crippen LogP contribution in [0.15, 0.2) is 12.3 Å². The Balaban J connectivity index is 2.00. The lowest BCUT2D eigenvalue weighted by molar-refractivity contribution is 0.253. The van der Waals surface area contributed by atoms with Crippen LogP contribution in [0.25, 0.3) is 0 Å². The second-order valence-corrected chi connectivity index (χ2v) is 6.14. The van der Waals surface area contributed by atoms with Crippen LogP contribution in [0, 0.1) is 11.8 Å². The summed E-state index contributed by atoms with van der Waals surface area (Å²) in [6, 6.07) is 2.53. The molecule has 2 atom stereocenters. The molecule has 0 amide bonds. The molecule has 20 heavy (non-hydrogen) atoms. The van der Waals surface area contributed by atoms with Gasteiger partial charge in [0.2, 0.25) is 5.95 Å². The molecule has 1 aromatic heterocycles. The van der Waals surface area contributed by atoms with Crippen LogP contribution in [-0.2, 0) is 0 Å². The highest BCUT2D eigenvalue weighted by molar-refractivity contribution is 5.40. The molecule has 2 unspecified atom stereocenters. The van der Waals surface area contributed by atoms with E-state index < -0.39 is 0 Å². The van der Waals surface area contributed by atoms with E-state index in [1.165, 1.54) is 25.7 Å². The number of nitrogens with zero attached hydrogens (tertiary/aromatic N) is 2. The monoisotopic (exact) mass is 276 g/mol. The van der Waals surface area contributed by atoms with Gasteiger partial charge in [-0.15, -0.1) is 0 Å². The van der Waals surface area contributed by atoms with Gasteiger partial charge in [-0.3, -0.25) is 0 Å². The van der Waals surface area contributed by atoms with Crippen LogP contribution in [0.3, 0.4) is 0 Å². The van der Waals surface area contributed by atoms with Crippen molar-refractivity contribution < 1.29 is 0 Å². The number of hydrogen-bond donors (Lipinski definition) is 2. The predicted octanol–water partition coefficient (Wildman–Crippen LogP) is 3.93. The summed E-state index contributed by atoms with van der Waals surface area (Å²) in [4.78, 5) is 8.83. The fraction of sp³-hybridized carbons (Fsp3) is 0.750. The largest absolute Gasteiger partial charge is 0.367 e. The van der Waals surface area contributed by atoms with Gasteiger partial charge in [-0.25, -0.2) is 4.98 Å². The zero-order chi connectivity index (χ0) is 14.4. The average Bonchev–Trinajstić information content (AvgIpc) is 2.46. The summed E-state index contributed by atoms with van der Waals surface area (Å²) in [5.74, 6) is 3.17. The Kier molecular flexibility index (Phi) is 5.62. The summed E-state index contributed by atoms with van der Waals surface area (Å²) in [6.07, 6.45) is 8.20. The van der Waals surface area contributed by atoms with Crippen molar-refractivity contribution in [2.24, 2.45) is 11.8 Å². The maximum atomic E-state index is 4.56. The third-order valence-corrected chi connectivity index (χ3v) is 4.20. The van der Waals surface area contributed by atoms with Crippen molar-refractivity contribution in [1.29, 1.82) is 0 Å². The van der Waals surface area contributed by atoms with Gasteiger partial charge in [-0.2, -0.15) is 4.98 Å². The second-order valence-electron chi connectivity index (χ2n) is 6.14. The lowest BCUT2D eigenvalue weighted by atomic mass is 9.78.